The number of nitrogens with one attached hydrogen (secondary N) is 2. The Labute approximate surface area is 221 Å². The van der Waals surface area contributed by atoms with E-state index < -0.39 is 11.8 Å². The number of nitrogens with zero attached hydrogens (tertiary/aromatic N) is 2. The highest BCUT2D eigenvalue weighted by Gasteiger charge is 2.09. The van der Waals surface area contributed by atoms with Crippen molar-refractivity contribution in [2.24, 2.45) is 10.2 Å². The summed E-state index contributed by atoms with van der Waals surface area (Å²) in [5.74, 6) is 1.55. The number of ether oxygens (including phenoxy) is 4. The molecule has 0 atom stereocenters. The highest BCUT2D eigenvalue weighted by molar-refractivity contribution is 5.98. The van der Waals surface area contributed by atoms with Gasteiger partial charge in [-0.2, -0.15) is 10.2 Å². The minimum absolute atomic E-state index is 0.341. The summed E-state index contributed by atoms with van der Waals surface area (Å²) >= 11 is 0. The summed E-state index contributed by atoms with van der Waals surface area (Å²) in [5, 5.41) is 7.98. The summed E-state index contributed by atoms with van der Waals surface area (Å²) in [6.45, 7) is 4.82. The molecule has 3 rings (SSSR count). The van der Waals surface area contributed by atoms with Crippen LogP contribution in [0.3, 0.4) is 0 Å². The molecule has 2 N–H and O–H groups in total. The number of hydrazone groups is 2. The smallest absolute Gasteiger partial charge is 0.271 e. The van der Waals surface area contributed by atoms with Crippen LogP contribution in [0.1, 0.15) is 45.7 Å². The summed E-state index contributed by atoms with van der Waals surface area (Å²) in [5.41, 5.74) is 7.05. The Balaban J connectivity index is 1.55. The molecular formula is C28H30N4O6. The van der Waals surface area contributed by atoms with Gasteiger partial charge >= 0.3 is 0 Å². The molecule has 198 valence electrons. The minimum atomic E-state index is -0.423. The van der Waals surface area contributed by atoms with Crippen molar-refractivity contribution in [3.63, 3.8) is 0 Å². The molecular weight excluding hydrogens is 488 g/mol. The molecule has 38 heavy (non-hydrogen) atoms. The monoisotopic (exact) mass is 518 g/mol. The predicted molar refractivity (Wildman–Crippen MR) is 145 cm³/mol. The van der Waals surface area contributed by atoms with E-state index in [0.717, 1.165) is 11.1 Å². The second-order valence-electron chi connectivity index (χ2n) is 7.66. The number of amides is 2. The molecule has 0 radical (unpaired) electrons. The zero-order chi connectivity index (χ0) is 27.3. The molecule has 10 nitrogen and oxygen atoms in total. The van der Waals surface area contributed by atoms with Gasteiger partial charge in [-0.05, 0) is 85.6 Å². The Morgan fingerprint density at radius 3 is 1.39 bits per heavy atom. The normalized spacial score (nSPS) is 10.8. The van der Waals surface area contributed by atoms with Gasteiger partial charge in [-0.1, -0.05) is 0 Å². The summed E-state index contributed by atoms with van der Waals surface area (Å²) < 4.78 is 21.6. The Morgan fingerprint density at radius 2 is 1.05 bits per heavy atom. The second-order valence-corrected chi connectivity index (χ2v) is 7.66. The molecule has 0 spiro atoms. The zero-order valence-electron chi connectivity index (χ0n) is 21.7. The topological polar surface area (TPSA) is 120 Å². The van der Waals surface area contributed by atoms with Gasteiger partial charge in [0.1, 0.15) is 0 Å². The first-order valence-corrected chi connectivity index (χ1v) is 11.9. The van der Waals surface area contributed by atoms with Gasteiger partial charge in [0.05, 0.1) is 39.9 Å². The van der Waals surface area contributed by atoms with Crippen LogP contribution in [0.5, 0.6) is 23.0 Å². The lowest BCUT2D eigenvalue weighted by molar-refractivity contribution is 0.0943. The summed E-state index contributed by atoms with van der Waals surface area (Å²) in [7, 11) is 3.10. The predicted octanol–water partition coefficient (Wildman–Crippen LogP) is 4.03. The number of carbonyl (C=O) groups excluding carboxylic acids is 2. The van der Waals surface area contributed by atoms with Gasteiger partial charge in [0, 0.05) is 11.1 Å². The maximum Gasteiger partial charge on any atom is 0.271 e. The number of hydrogen-bond donors (Lipinski definition) is 2. The van der Waals surface area contributed by atoms with E-state index >= 15 is 0 Å². The van der Waals surface area contributed by atoms with E-state index in [2.05, 4.69) is 21.1 Å². The van der Waals surface area contributed by atoms with E-state index in [1.807, 2.05) is 13.8 Å². The molecule has 0 aliphatic heterocycles. The van der Waals surface area contributed by atoms with Gasteiger partial charge < -0.3 is 18.9 Å². The van der Waals surface area contributed by atoms with Crippen molar-refractivity contribution in [2.45, 2.75) is 13.8 Å². The third-order valence-electron chi connectivity index (χ3n) is 5.14. The molecule has 2 amide bonds. The van der Waals surface area contributed by atoms with E-state index in [4.69, 9.17) is 18.9 Å². The number of benzene rings is 3. The maximum atomic E-state index is 12.4. The van der Waals surface area contributed by atoms with Crippen LogP contribution in [0, 0.1) is 0 Å². The first-order valence-electron chi connectivity index (χ1n) is 11.9. The number of carbonyl (C=O) groups is 2. The summed E-state index contributed by atoms with van der Waals surface area (Å²) in [6.07, 6.45) is 2.99. The van der Waals surface area contributed by atoms with Gasteiger partial charge in [0.15, 0.2) is 23.0 Å². The van der Waals surface area contributed by atoms with E-state index in [1.165, 1.54) is 36.7 Å². The van der Waals surface area contributed by atoms with Crippen molar-refractivity contribution in [3.8, 4) is 23.0 Å². The highest BCUT2D eigenvalue weighted by Crippen LogP contribution is 2.28. The van der Waals surface area contributed by atoms with Crippen LogP contribution < -0.4 is 29.8 Å². The Hall–Kier alpha value is -4.86. The van der Waals surface area contributed by atoms with Crippen LogP contribution in [0.4, 0.5) is 0 Å². The maximum absolute atomic E-state index is 12.4. The van der Waals surface area contributed by atoms with Crippen LogP contribution in [0.25, 0.3) is 0 Å². The fraction of sp³-hybridized carbons (Fsp3) is 0.214. The molecule has 10 heteroatoms. The lowest BCUT2D eigenvalue weighted by Gasteiger charge is -2.09. The summed E-state index contributed by atoms with van der Waals surface area (Å²) in [6, 6.07) is 16.8. The van der Waals surface area contributed by atoms with E-state index in [-0.39, 0.29) is 0 Å². The quantitative estimate of drug-likeness (QED) is 0.276. The van der Waals surface area contributed by atoms with Crippen LogP contribution >= 0.6 is 0 Å². The van der Waals surface area contributed by atoms with Crippen molar-refractivity contribution >= 4 is 24.2 Å². The van der Waals surface area contributed by atoms with Gasteiger partial charge in [0.25, 0.3) is 11.8 Å². The molecule has 0 saturated carbocycles. The lowest BCUT2D eigenvalue weighted by Crippen LogP contribution is -2.19. The number of methoxy groups -OCH3 is 2. The Kier molecular flexibility index (Phi) is 10.2. The molecule has 0 aromatic heterocycles. The minimum Gasteiger partial charge on any atom is -0.493 e. The first kappa shape index (κ1) is 27.7. The summed E-state index contributed by atoms with van der Waals surface area (Å²) in [4.78, 5) is 24.8. The average Bonchev–Trinajstić information content (AvgIpc) is 2.94. The molecule has 0 heterocycles. The fourth-order valence-corrected chi connectivity index (χ4v) is 3.31. The van der Waals surface area contributed by atoms with Crippen molar-refractivity contribution in [1.29, 1.82) is 0 Å². The van der Waals surface area contributed by atoms with Gasteiger partial charge in [-0.25, -0.2) is 10.9 Å². The van der Waals surface area contributed by atoms with Crippen LogP contribution in [0.2, 0.25) is 0 Å². The standard InChI is InChI=1S/C28H30N4O6/c1-5-37-23-13-7-19(15-25(23)35-3)17-29-31-27(33)21-9-11-22(12-10-21)28(34)32-30-18-20-8-14-24(38-6-2)26(16-20)36-4/h7-18H,5-6H2,1-4H3,(H,31,33)(H,32,34). The lowest BCUT2D eigenvalue weighted by atomic mass is 10.1. The van der Waals surface area contributed by atoms with Crippen molar-refractivity contribution in [3.05, 3.63) is 82.9 Å². The highest BCUT2D eigenvalue weighted by atomic mass is 16.5. The Morgan fingerprint density at radius 1 is 0.658 bits per heavy atom. The number of rotatable bonds is 12. The molecule has 0 aliphatic rings. The van der Waals surface area contributed by atoms with E-state index in [9.17, 15) is 9.59 Å². The molecule has 0 aliphatic carbocycles. The van der Waals surface area contributed by atoms with Crippen molar-refractivity contribution in [1.82, 2.24) is 10.9 Å². The molecule has 0 fully saturated rings. The molecule has 0 unspecified atom stereocenters. The molecule has 0 saturated heterocycles. The van der Waals surface area contributed by atoms with Crippen molar-refractivity contribution in [2.75, 3.05) is 27.4 Å². The third-order valence-corrected chi connectivity index (χ3v) is 5.14. The molecule has 0 bridgehead atoms. The largest absolute Gasteiger partial charge is 0.493 e. The Bertz CT molecular complexity index is 1200. The first-order chi connectivity index (χ1) is 18.5. The van der Waals surface area contributed by atoms with Crippen molar-refractivity contribution < 1.29 is 28.5 Å². The molecule has 3 aromatic carbocycles. The van der Waals surface area contributed by atoms with Gasteiger partial charge in [0.2, 0.25) is 0 Å². The van der Waals surface area contributed by atoms with Gasteiger partial charge in [-0.15, -0.1) is 0 Å². The van der Waals surface area contributed by atoms with Crippen LogP contribution in [-0.2, 0) is 0 Å². The van der Waals surface area contributed by atoms with Crippen LogP contribution in [-0.4, -0.2) is 51.7 Å². The van der Waals surface area contributed by atoms with Crippen LogP contribution in [0.15, 0.2) is 70.9 Å². The number of hydrogen-bond acceptors (Lipinski definition) is 8. The zero-order valence-corrected chi connectivity index (χ0v) is 21.7. The third kappa shape index (κ3) is 7.57. The fourth-order valence-electron chi connectivity index (χ4n) is 3.31. The molecule has 3 aromatic rings. The SMILES string of the molecule is CCOc1ccc(C=NNC(=O)c2ccc(C(=O)NN=Cc3ccc(OCC)c(OC)c3)cc2)cc1OC. The second kappa shape index (κ2) is 14.0. The van der Waals surface area contributed by atoms with E-state index in [0.29, 0.717) is 47.3 Å². The van der Waals surface area contributed by atoms with Gasteiger partial charge in [-0.3, -0.25) is 9.59 Å². The van der Waals surface area contributed by atoms with E-state index in [1.54, 1.807) is 50.6 Å². The average molecular weight is 519 g/mol.